The second kappa shape index (κ2) is 7.53. The average Bonchev–Trinajstić information content (AvgIpc) is 2.87. The normalized spacial score (nSPS) is 11.7. The Labute approximate surface area is 150 Å². The molecule has 0 amide bonds. The van der Waals surface area contributed by atoms with Crippen molar-refractivity contribution in [3.05, 3.63) is 57.4 Å². The maximum atomic E-state index is 12.6. The van der Waals surface area contributed by atoms with E-state index in [9.17, 15) is 14.4 Å². The SMILES string of the molecule is COC(=O)[C@H](OC(=O)c1[nH]c(C)c(C(C)=O)c1C)c1ccccc1Cl. The van der Waals surface area contributed by atoms with Gasteiger partial charge in [0, 0.05) is 21.8 Å². The lowest BCUT2D eigenvalue weighted by Gasteiger charge is -2.17. The molecule has 0 aliphatic heterocycles. The van der Waals surface area contributed by atoms with Crippen molar-refractivity contribution in [2.45, 2.75) is 26.9 Å². The predicted molar refractivity (Wildman–Crippen MR) is 91.9 cm³/mol. The van der Waals surface area contributed by atoms with Crippen LogP contribution < -0.4 is 0 Å². The van der Waals surface area contributed by atoms with Gasteiger partial charge in [-0.3, -0.25) is 4.79 Å². The van der Waals surface area contributed by atoms with Gasteiger partial charge in [0.2, 0.25) is 6.10 Å². The van der Waals surface area contributed by atoms with E-state index in [-0.39, 0.29) is 16.5 Å². The van der Waals surface area contributed by atoms with E-state index in [0.717, 1.165) is 0 Å². The molecule has 0 radical (unpaired) electrons. The van der Waals surface area contributed by atoms with E-state index in [4.69, 9.17) is 21.1 Å². The minimum Gasteiger partial charge on any atom is -0.466 e. The van der Waals surface area contributed by atoms with Crippen molar-refractivity contribution >= 4 is 29.3 Å². The number of H-pyrrole nitrogens is 1. The quantitative estimate of drug-likeness (QED) is 0.648. The smallest absolute Gasteiger partial charge is 0.356 e. The van der Waals surface area contributed by atoms with Gasteiger partial charge >= 0.3 is 11.9 Å². The van der Waals surface area contributed by atoms with Crippen molar-refractivity contribution in [2.75, 3.05) is 7.11 Å². The van der Waals surface area contributed by atoms with Crippen LogP contribution in [0.4, 0.5) is 0 Å². The maximum absolute atomic E-state index is 12.6. The number of methoxy groups -OCH3 is 1. The molecule has 0 bridgehead atoms. The number of halogens is 1. The maximum Gasteiger partial charge on any atom is 0.356 e. The zero-order chi connectivity index (χ0) is 18.7. The Morgan fingerprint density at radius 2 is 1.80 bits per heavy atom. The van der Waals surface area contributed by atoms with Crippen LogP contribution >= 0.6 is 11.6 Å². The van der Waals surface area contributed by atoms with Crippen molar-refractivity contribution in [1.29, 1.82) is 0 Å². The molecule has 0 aliphatic carbocycles. The number of carbonyl (C=O) groups excluding carboxylic acids is 3. The Balaban J connectivity index is 2.39. The molecule has 1 atom stereocenters. The van der Waals surface area contributed by atoms with Crippen molar-refractivity contribution in [1.82, 2.24) is 4.98 Å². The second-order valence-corrected chi connectivity index (χ2v) is 5.92. The Morgan fingerprint density at radius 3 is 2.32 bits per heavy atom. The van der Waals surface area contributed by atoms with Crippen molar-refractivity contribution in [2.24, 2.45) is 0 Å². The molecule has 132 valence electrons. The highest BCUT2D eigenvalue weighted by Crippen LogP contribution is 2.28. The van der Waals surface area contributed by atoms with Crippen LogP contribution in [0.1, 0.15) is 50.7 Å². The third-order valence-corrected chi connectivity index (χ3v) is 4.17. The molecule has 0 fully saturated rings. The zero-order valence-electron chi connectivity index (χ0n) is 14.3. The number of hydrogen-bond donors (Lipinski definition) is 1. The van der Waals surface area contributed by atoms with Crippen molar-refractivity contribution in [3.63, 3.8) is 0 Å². The summed E-state index contributed by atoms with van der Waals surface area (Å²) in [4.78, 5) is 39.2. The van der Waals surface area contributed by atoms with Gasteiger partial charge in [-0.1, -0.05) is 29.8 Å². The molecule has 0 aliphatic rings. The minimum atomic E-state index is -1.31. The Bertz CT molecular complexity index is 840. The van der Waals surface area contributed by atoms with Gasteiger partial charge in [0.25, 0.3) is 0 Å². The standard InChI is InChI=1S/C18H18ClNO5/c1-9-14(11(3)21)10(2)20-15(9)17(22)25-16(18(23)24-4)12-7-5-6-8-13(12)19/h5-8,16,20H,1-4H3/t16-/m1/s1. The van der Waals surface area contributed by atoms with Crippen molar-refractivity contribution < 1.29 is 23.9 Å². The van der Waals surface area contributed by atoms with E-state index >= 15 is 0 Å². The molecular formula is C18H18ClNO5. The summed E-state index contributed by atoms with van der Waals surface area (Å²) >= 11 is 6.10. The molecule has 1 N–H and O–H groups in total. The number of esters is 2. The summed E-state index contributed by atoms with van der Waals surface area (Å²) in [5, 5.41) is 0.273. The lowest BCUT2D eigenvalue weighted by atomic mass is 10.1. The van der Waals surface area contributed by atoms with Gasteiger partial charge in [0.05, 0.1) is 7.11 Å². The Hall–Kier alpha value is -2.60. The number of aromatic nitrogens is 1. The highest BCUT2D eigenvalue weighted by Gasteiger charge is 2.30. The van der Waals surface area contributed by atoms with Crippen LogP contribution in [0.5, 0.6) is 0 Å². The molecule has 0 spiro atoms. The molecule has 2 aromatic rings. The number of nitrogens with one attached hydrogen (secondary N) is 1. The fourth-order valence-corrected chi connectivity index (χ4v) is 2.92. The summed E-state index contributed by atoms with van der Waals surface area (Å²) < 4.78 is 10.1. The summed E-state index contributed by atoms with van der Waals surface area (Å²) in [6.07, 6.45) is -1.31. The summed E-state index contributed by atoms with van der Waals surface area (Å²) in [7, 11) is 1.19. The van der Waals surface area contributed by atoms with Gasteiger partial charge in [0.1, 0.15) is 5.69 Å². The molecule has 25 heavy (non-hydrogen) atoms. The summed E-state index contributed by atoms with van der Waals surface area (Å²) in [5.74, 6) is -1.70. The highest BCUT2D eigenvalue weighted by molar-refractivity contribution is 6.31. The van der Waals surface area contributed by atoms with E-state index in [0.29, 0.717) is 22.4 Å². The fraction of sp³-hybridized carbons (Fsp3) is 0.278. The summed E-state index contributed by atoms with van der Waals surface area (Å²) in [6.45, 7) is 4.74. The molecular weight excluding hydrogens is 346 g/mol. The molecule has 6 nitrogen and oxygen atoms in total. The van der Waals surface area contributed by atoms with E-state index in [2.05, 4.69) is 4.98 Å². The lowest BCUT2D eigenvalue weighted by Crippen LogP contribution is -2.22. The zero-order valence-corrected chi connectivity index (χ0v) is 15.1. The molecule has 1 heterocycles. The molecule has 7 heteroatoms. The van der Waals surface area contributed by atoms with E-state index in [1.54, 1.807) is 38.1 Å². The van der Waals surface area contributed by atoms with E-state index < -0.39 is 18.0 Å². The molecule has 0 unspecified atom stereocenters. The van der Waals surface area contributed by atoms with Crippen LogP contribution in [0.15, 0.2) is 24.3 Å². The van der Waals surface area contributed by atoms with E-state index in [1.165, 1.54) is 14.0 Å². The number of aryl methyl sites for hydroxylation is 1. The Kier molecular flexibility index (Phi) is 5.64. The van der Waals surface area contributed by atoms with Crippen LogP contribution in [0.2, 0.25) is 5.02 Å². The van der Waals surface area contributed by atoms with Gasteiger partial charge in [-0.2, -0.15) is 0 Å². The van der Waals surface area contributed by atoms with E-state index in [1.807, 2.05) is 0 Å². The molecule has 1 aromatic heterocycles. The fourth-order valence-electron chi connectivity index (χ4n) is 2.68. The molecule has 2 rings (SSSR count). The first-order chi connectivity index (χ1) is 11.8. The molecule has 1 aromatic carbocycles. The molecule has 0 saturated carbocycles. The van der Waals surface area contributed by atoms with Crippen molar-refractivity contribution in [3.8, 4) is 0 Å². The third kappa shape index (κ3) is 3.74. The first-order valence-electron chi connectivity index (χ1n) is 7.51. The van der Waals surface area contributed by atoms with Gasteiger partial charge in [-0.05, 0) is 32.4 Å². The van der Waals surface area contributed by atoms with Gasteiger partial charge in [-0.25, -0.2) is 9.59 Å². The number of benzene rings is 1. The predicted octanol–water partition coefficient (Wildman–Crippen LogP) is 3.56. The average molecular weight is 364 g/mol. The van der Waals surface area contributed by atoms with Crippen LogP contribution in [0.3, 0.4) is 0 Å². The van der Waals surface area contributed by atoms with Crippen LogP contribution in [0, 0.1) is 13.8 Å². The minimum absolute atomic E-state index is 0.114. The lowest BCUT2D eigenvalue weighted by molar-refractivity contribution is -0.151. The van der Waals surface area contributed by atoms with Crippen LogP contribution in [-0.4, -0.2) is 29.8 Å². The second-order valence-electron chi connectivity index (χ2n) is 5.51. The summed E-state index contributed by atoms with van der Waals surface area (Å²) in [5.41, 5.74) is 1.89. The number of aromatic amines is 1. The third-order valence-electron chi connectivity index (χ3n) is 3.82. The topological polar surface area (TPSA) is 85.5 Å². The number of rotatable bonds is 5. The number of hydrogen-bond acceptors (Lipinski definition) is 5. The van der Waals surface area contributed by atoms with Crippen LogP contribution in [-0.2, 0) is 14.3 Å². The number of carbonyl (C=O) groups is 3. The number of ether oxygens (including phenoxy) is 2. The van der Waals surface area contributed by atoms with Gasteiger partial charge in [-0.15, -0.1) is 0 Å². The number of ketones is 1. The Morgan fingerprint density at radius 1 is 1.16 bits per heavy atom. The molecule has 0 saturated heterocycles. The van der Waals surface area contributed by atoms with Crippen LogP contribution in [0.25, 0.3) is 0 Å². The highest BCUT2D eigenvalue weighted by atomic mass is 35.5. The monoisotopic (exact) mass is 363 g/mol. The van der Waals surface area contributed by atoms with Gasteiger partial charge in [0.15, 0.2) is 5.78 Å². The van der Waals surface area contributed by atoms with Gasteiger partial charge < -0.3 is 14.5 Å². The first kappa shape index (κ1) is 18.7. The summed E-state index contributed by atoms with van der Waals surface area (Å²) in [6, 6.07) is 6.52. The first-order valence-corrected chi connectivity index (χ1v) is 7.89. The number of Topliss-reactive ketones (excluding diaryl/α,β-unsaturated/α-hetero) is 1. The largest absolute Gasteiger partial charge is 0.466 e.